The number of nitrogens with one attached hydrogen (secondary N) is 1. The van der Waals surface area contributed by atoms with Crippen LogP contribution in [-0.4, -0.2) is 41.0 Å². The van der Waals surface area contributed by atoms with Crippen LogP contribution in [0.15, 0.2) is 30.3 Å². The number of hydrogen-bond acceptors (Lipinski definition) is 4. The van der Waals surface area contributed by atoms with Crippen LogP contribution < -0.4 is 0 Å². The molecule has 5 heteroatoms. The number of piperidine rings is 1. The molecule has 0 radical (unpaired) electrons. The molecule has 4 rings (SSSR count). The fourth-order valence-electron chi connectivity index (χ4n) is 4.80. The Bertz CT molecular complexity index is 770. The van der Waals surface area contributed by atoms with Gasteiger partial charge in [-0.2, -0.15) is 5.26 Å². The molecule has 26 heavy (non-hydrogen) atoms. The molecule has 2 fully saturated rings. The first-order chi connectivity index (χ1) is 12.7. The zero-order chi connectivity index (χ0) is 18.1. The second-order valence-corrected chi connectivity index (χ2v) is 10.5. The monoisotopic (exact) mass is 385 g/mol. The van der Waals surface area contributed by atoms with E-state index in [0.29, 0.717) is 11.8 Å². The number of hydrogen-bond donors (Lipinski definition) is 1. The second kappa shape index (κ2) is 7.50. The van der Waals surface area contributed by atoms with Gasteiger partial charge >= 0.3 is 0 Å². The Balaban J connectivity index is 1.80. The molecular formula is C21H27N3S2. The summed E-state index contributed by atoms with van der Waals surface area (Å²) >= 11 is 4.24. The van der Waals surface area contributed by atoms with E-state index in [9.17, 15) is 5.26 Å². The first-order valence-electron chi connectivity index (χ1n) is 9.65. The highest BCUT2D eigenvalue weighted by Crippen LogP contribution is 2.59. The summed E-state index contributed by atoms with van der Waals surface area (Å²) in [5.74, 6) is 3.37. The van der Waals surface area contributed by atoms with Gasteiger partial charge in [-0.1, -0.05) is 31.5 Å². The summed E-state index contributed by atoms with van der Waals surface area (Å²) in [6, 6.07) is 13.6. The molecule has 0 amide bonds. The number of thioether (sulfide) groups is 2. The van der Waals surface area contributed by atoms with Crippen LogP contribution in [0.1, 0.15) is 31.9 Å². The average Bonchev–Trinajstić information content (AvgIpc) is 3.13. The van der Waals surface area contributed by atoms with Gasteiger partial charge in [0.25, 0.3) is 0 Å². The summed E-state index contributed by atoms with van der Waals surface area (Å²) in [6.07, 6.45) is 3.52. The largest absolute Gasteiger partial charge is 0.357 e. The van der Waals surface area contributed by atoms with Crippen LogP contribution in [0.3, 0.4) is 0 Å². The van der Waals surface area contributed by atoms with Crippen molar-refractivity contribution in [1.82, 2.24) is 9.88 Å². The quantitative estimate of drug-likeness (QED) is 0.802. The van der Waals surface area contributed by atoms with Crippen LogP contribution in [0.25, 0.3) is 10.9 Å². The number of para-hydroxylation sites is 1. The van der Waals surface area contributed by atoms with Gasteiger partial charge in [0, 0.05) is 11.2 Å². The molecule has 0 spiro atoms. The highest BCUT2D eigenvalue weighted by Gasteiger charge is 2.51. The number of benzene rings is 1. The molecule has 1 aromatic heterocycles. The van der Waals surface area contributed by atoms with E-state index in [2.05, 4.69) is 83.8 Å². The minimum absolute atomic E-state index is 0.0307. The van der Waals surface area contributed by atoms with Crippen molar-refractivity contribution < 1.29 is 0 Å². The predicted octanol–water partition coefficient (Wildman–Crippen LogP) is 5.06. The van der Waals surface area contributed by atoms with Gasteiger partial charge in [-0.05, 0) is 67.3 Å². The third-order valence-electron chi connectivity index (χ3n) is 6.11. The Hall–Kier alpha value is -1.09. The molecule has 2 aromatic rings. The lowest BCUT2D eigenvalue weighted by molar-refractivity contribution is 0.0904. The Morgan fingerprint density at radius 1 is 1.31 bits per heavy atom. The molecule has 3 heterocycles. The van der Waals surface area contributed by atoms with Crippen LogP contribution >= 0.6 is 23.5 Å². The molecule has 1 N–H and O–H groups in total. The lowest BCUT2D eigenvalue weighted by atomic mass is 9.75. The second-order valence-electron chi connectivity index (χ2n) is 7.51. The zero-order valence-electron chi connectivity index (χ0n) is 15.6. The van der Waals surface area contributed by atoms with Crippen molar-refractivity contribution >= 4 is 34.4 Å². The van der Waals surface area contributed by atoms with Gasteiger partial charge in [0.15, 0.2) is 0 Å². The number of nitrogens with zero attached hydrogens (tertiary/aromatic N) is 2. The molecule has 138 valence electrons. The molecule has 0 aliphatic carbocycles. The first kappa shape index (κ1) is 18.3. The Morgan fingerprint density at radius 3 is 2.77 bits per heavy atom. The van der Waals surface area contributed by atoms with Gasteiger partial charge in [-0.15, -0.1) is 23.5 Å². The smallest absolute Gasteiger partial charge is 0.104 e. The van der Waals surface area contributed by atoms with E-state index in [-0.39, 0.29) is 10.1 Å². The number of H-pyrrole nitrogens is 1. The molecule has 1 aromatic carbocycles. The number of aromatic amines is 1. The SMILES string of the molecule is CCC1[C@H](C2(c3cc4ccccc4[nH]3)SCCCS2)CCN(C)[C@H]1C#N. The molecule has 0 saturated carbocycles. The fourth-order valence-corrected chi connectivity index (χ4v) is 8.54. The normalized spacial score (nSPS) is 29.5. The van der Waals surface area contributed by atoms with Crippen LogP contribution in [0.4, 0.5) is 0 Å². The van der Waals surface area contributed by atoms with Crippen molar-refractivity contribution in [3.05, 3.63) is 36.0 Å². The molecule has 2 aliphatic heterocycles. The van der Waals surface area contributed by atoms with Gasteiger partial charge in [-0.3, -0.25) is 4.90 Å². The van der Waals surface area contributed by atoms with Crippen molar-refractivity contribution in [3.8, 4) is 6.07 Å². The van der Waals surface area contributed by atoms with Crippen molar-refractivity contribution in [1.29, 1.82) is 5.26 Å². The molecule has 3 atom stereocenters. The predicted molar refractivity (Wildman–Crippen MR) is 113 cm³/mol. The topological polar surface area (TPSA) is 42.8 Å². The minimum atomic E-state index is 0.0307. The van der Waals surface area contributed by atoms with E-state index in [1.807, 2.05) is 0 Å². The van der Waals surface area contributed by atoms with E-state index >= 15 is 0 Å². The summed E-state index contributed by atoms with van der Waals surface area (Å²) in [5, 5.41) is 11.1. The van der Waals surface area contributed by atoms with Crippen molar-refractivity contribution in [2.45, 2.75) is 36.3 Å². The Morgan fingerprint density at radius 2 is 2.08 bits per heavy atom. The molecule has 1 unspecified atom stereocenters. The van der Waals surface area contributed by atoms with Crippen molar-refractivity contribution in [3.63, 3.8) is 0 Å². The highest BCUT2D eigenvalue weighted by molar-refractivity contribution is 8.18. The summed E-state index contributed by atoms with van der Waals surface area (Å²) in [5.41, 5.74) is 2.59. The van der Waals surface area contributed by atoms with Gasteiger partial charge in [-0.25, -0.2) is 0 Å². The lowest BCUT2D eigenvalue weighted by Crippen LogP contribution is -2.51. The number of aromatic nitrogens is 1. The van der Waals surface area contributed by atoms with Gasteiger partial charge < -0.3 is 4.98 Å². The number of likely N-dealkylation sites (tertiary alicyclic amines) is 1. The maximum absolute atomic E-state index is 9.83. The van der Waals surface area contributed by atoms with Crippen LogP contribution in [-0.2, 0) is 4.08 Å². The van der Waals surface area contributed by atoms with Gasteiger partial charge in [0.1, 0.15) is 10.1 Å². The summed E-state index contributed by atoms with van der Waals surface area (Å²) < 4.78 is 0.0499. The standard InChI is InChI=1S/C21H27N3S2/c1-3-16-17(9-10-24(2)19(16)14-22)21(25-11-6-12-26-21)20-13-15-7-4-5-8-18(15)23-20/h4-5,7-8,13,16-17,19,23H,3,6,9-12H2,1-2H3/t16?,17-,19+/m1/s1. The van der Waals surface area contributed by atoms with Crippen LogP contribution in [0.2, 0.25) is 0 Å². The first-order valence-corrected chi connectivity index (χ1v) is 11.6. The fraction of sp³-hybridized carbons (Fsp3) is 0.571. The number of rotatable bonds is 3. The van der Waals surface area contributed by atoms with E-state index in [1.165, 1.54) is 40.9 Å². The van der Waals surface area contributed by atoms with Crippen molar-refractivity contribution in [2.75, 3.05) is 25.1 Å². The van der Waals surface area contributed by atoms with Crippen molar-refractivity contribution in [2.24, 2.45) is 11.8 Å². The molecule has 3 nitrogen and oxygen atoms in total. The van der Waals surface area contributed by atoms with E-state index < -0.39 is 0 Å². The lowest BCUT2D eigenvalue weighted by Gasteiger charge is -2.50. The van der Waals surface area contributed by atoms with E-state index in [1.54, 1.807) is 0 Å². The summed E-state index contributed by atoms with van der Waals surface area (Å²) in [6.45, 7) is 3.28. The van der Waals surface area contributed by atoms with E-state index in [4.69, 9.17) is 0 Å². The maximum Gasteiger partial charge on any atom is 0.104 e. The molecular weight excluding hydrogens is 358 g/mol. The number of fused-ring (bicyclic) bond motifs is 1. The molecule has 2 aliphatic rings. The minimum Gasteiger partial charge on any atom is -0.357 e. The summed E-state index contributed by atoms with van der Waals surface area (Å²) in [4.78, 5) is 6.02. The van der Waals surface area contributed by atoms with Gasteiger partial charge in [0.2, 0.25) is 0 Å². The van der Waals surface area contributed by atoms with Crippen LogP contribution in [0, 0.1) is 23.2 Å². The number of nitriles is 1. The maximum atomic E-state index is 9.83. The Kier molecular flexibility index (Phi) is 5.27. The van der Waals surface area contributed by atoms with E-state index in [0.717, 1.165) is 13.0 Å². The van der Waals surface area contributed by atoms with Gasteiger partial charge in [0.05, 0.1) is 6.07 Å². The Labute approximate surface area is 164 Å². The molecule has 0 bridgehead atoms. The highest BCUT2D eigenvalue weighted by atomic mass is 32.2. The average molecular weight is 386 g/mol. The zero-order valence-corrected chi connectivity index (χ0v) is 17.2. The van der Waals surface area contributed by atoms with Crippen LogP contribution in [0.5, 0.6) is 0 Å². The molecule has 2 saturated heterocycles. The summed E-state index contributed by atoms with van der Waals surface area (Å²) in [7, 11) is 2.11. The third-order valence-corrected chi connectivity index (χ3v) is 9.70. The third kappa shape index (κ3) is 2.96.